The van der Waals surface area contributed by atoms with Crippen molar-refractivity contribution in [2.75, 3.05) is 7.11 Å². The van der Waals surface area contributed by atoms with E-state index >= 15 is 0 Å². The molecule has 0 aliphatic heterocycles. The first-order valence-electron chi connectivity index (χ1n) is 4.48. The van der Waals surface area contributed by atoms with Crippen LogP contribution in [-0.4, -0.2) is 13.1 Å². The Bertz CT molecular complexity index is 184. The summed E-state index contributed by atoms with van der Waals surface area (Å²) in [6, 6.07) is 0. The molecule has 0 fully saturated rings. The Kier molecular flexibility index (Phi) is 3.32. The molecule has 0 radical (unpaired) electrons. The molecule has 0 N–H and O–H groups in total. The lowest BCUT2D eigenvalue weighted by molar-refractivity contribution is -0.143. The molecule has 0 amide bonds. The molecular formula is C10H16O2. The van der Waals surface area contributed by atoms with Crippen molar-refractivity contribution in [3.63, 3.8) is 0 Å². The molecule has 1 rings (SSSR count). The maximum absolute atomic E-state index is 11.2. The summed E-state index contributed by atoms with van der Waals surface area (Å²) in [5.41, 5.74) is 0. The first-order chi connectivity index (χ1) is 5.74. The van der Waals surface area contributed by atoms with Crippen molar-refractivity contribution in [1.82, 2.24) is 0 Å². The summed E-state index contributed by atoms with van der Waals surface area (Å²) in [6.45, 7) is 2.21. The second-order valence-electron chi connectivity index (χ2n) is 3.48. The Hall–Kier alpha value is -0.790. The lowest BCUT2D eigenvalue weighted by atomic mass is 9.99. The fraction of sp³-hybridized carbons (Fsp3) is 0.700. The number of carbonyl (C=O) groups is 1. The molecule has 0 saturated carbocycles. The highest BCUT2D eigenvalue weighted by molar-refractivity contribution is 5.74. The molecular weight excluding hydrogens is 152 g/mol. The second-order valence-corrected chi connectivity index (χ2v) is 3.48. The Morgan fingerprint density at radius 2 is 2.25 bits per heavy atom. The molecule has 12 heavy (non-hydrogen) atoms. The number of allylic oxidation sites excluding steroid dienone is 1. The topological polar surface area (TPSA) is 26.3 Å². The van der Waals surface area contributed by atoms with Crippen LogP contribution in [-0.2, 0) is 9.53 Å². The van der Waals surface area contributed by atoms with E-state index in [1.54, 1.807) is 0 Å². The van der Waals surface area contributed by atoms with Crippen molar-refractivity contribution >= 4 is 5.97 Å². The van der Waals surface area contributed by atoms with E-state index in [0.717, 1.165) is 19.3 Å². The fourth-order valence-corrected chi connectivity index (χ4v) is 1.50. The molecule has 0 bridgehead atoms. The normalized spacial score (nSPS) is 29.5. The minimum atomic E-state index is -0.0969. The van der Waals surface area contributed by atoms with Crippen molar-refractivity contribution in [1.29, 1.82) is 0 Å². The minimum absolute atomic E-state index is 0.0000463. The molecule has 2 atom stereocenters. The van der Waals surface area contributed by atoms with Crippen LogP contribution < -0.4 is 0 Å². The molecule has 0 aromatic carbocycles. The van der Waals surface area contributed by atoms with Crippen LogP contribution in [0.2, 0.25) is 0 Å². The van der Waals surface area contributed by atoms with E-state index in [4.69, 9.17) is 4.74 Å². The number of ether oxygens (including phenoxy) is 1. The van der Waals surface area contributed by atoms with Gasteiger partial charge in [0.2, 0.25) is 0 Å². The molecule has 0 heterocycles. The molecule has 0 spiro atoms. The summed E-state index contributed by atoms with van der Waals surface area (Å²) in [5.74, 6) is 0.608. The summed E-state index contributed by atoms with van der Waals surface area (Å²) >= 11 is 0. The summed E-state index contributed by atoms with van der Waals surface area (Å²) < 4.78 is 4.69. The molecule has 2 unspecified atom stereocenters. The summed E-state index contributed by atoms with van der Waals surface area (Å²) in [4.78, 5) is 11.2. The van der Waals surface area contributed by atoms with Crippen molar-refractivity contribution in [2.45, 2.75) is 26.2 Å². The predicted octanol–water partition coefficient (Wildman–Crippen LogP) is 2.15. The van der Waals surface area contributed by atoms with Gasteiger partial charge in [-0.3, -0.25) is 4.79 Å². The zero-order valence-electron chi connectivity index (χ0n) is 7.75. The number of rotatable bonds is 1. The van der Waals surface area contributed by atoms with Gasteiger partial charge >= 0.3 is 5.97 Å². The third-order valence-corrected chi connectivity index (χ3v) is 2.38. The van der Waals surface area contributed by atoms with Gasteiger partial charge in [-0.25, -0.2) is 0 Å². The predicted molar refractivity (Wildman–Crippen MR) is 47.7 cm³/mol. The van der Waals surface area contributed by atoms with E-state index in [1.165, 1.54) is 7.11 Å². The van der Waals surface area contributed by atoms with Crippen LogP contribution >= 0.6 is 0 Å². The molecule has 0 aromatic rings. The maximum atomic E-state index is 11.2. The lowest BCUT2D eigenvalue weighted by Gasteiger charge is -2.09. The zero-order chi connectivity index (χ0) is 8.97. The van der Waals surface area contributed by atoms with Crippen LogP contribution in [0.5, 0.6) is 0 Å². The van der Waals surface area contributed by atoms with Crippen LogP contribution in [0.3, 0.4) is 0 Å². The molecule has 2 heteroatoms. The van der Waals surface area contributed by atoms with Gasteiger partial charge in [-0.05, 0) is 25.2 Å². The van der Waals surface area contributed by atoms with Crippen LogP contribution in [0.25, 0.3) is 0 Å². The zero-order valence-corrected chi connectivity index (χ0v) is 7.75. The van der Waals surface area contributed by atoms with E-state index in [9.17, 15) is 4.79 Å². The Morgan fingerprint density at radius 1 is 1.50 bits per heavy atom. The third-order valence-electron chi connectivity index (χ3n) is 2.38. The summed E-state index contributed by atoms with van der Waals surface area (Å²) in [7, 11) is 1.45. The standard InChI is InChI=1S/C10H16O2/c1-8-4-3-5-9(7-6-8)10(11)12-2/h3,5,8-9H,4,6-7H2,1-2H3. The monoisotopic (exact) mass is 168 g/mol. The second kappa shape index (κ2) is 4.29. The van der Waals surface area contributed by atoms with E-state index in [1.807, 2.05) is 6.08 Å². The molecule has 0 aromatic heterocycles. The van der Waals surface area contributed by atoms with Crippen LogP contribution in [0, 0.1) is 11.8 Å². The largest absolute Gasteiger partial charge is 0.469 e. The summed E-state index contributed by atoms with van der Waals surface area (Å²) in [6.07, 6.45) is 7.22. The average Bonchev–Trinajstić information content (AvgIpc) is 2.29. The number of methoxy groups -OCH3 is 1. The Labute approximate surface area is 73.6 Å². The third kappa shape index (κ3) is 2.36. The van der Waals surface area contributed by atoms with E-state index in [2.05, 4.69) is 13.0 Å². The van der Waals surface area contributed by atoms with Gasteiger partial charge in [-0.1, -0.05) is 19.1 Å². The lowest BCUT2D eigenvalue weighted by Crippen LogP contribution is -2.13. The van der Waals surface area contributed by atoms with Gasteiger partial charge in [0.25, 0.3) is 0 Å². The molecule has 1 aliphatic carbocycles. The van der Waals surface area contributed by atoms with Crippen LogP contribution in [0.15, 0.2) is 12.2 Å². The van der Waals surface area contributed by atoms with E-state index in [0.29, 0.717) is 5.92 Å². The highest BCUT2D eigenvalue weighted by atomic mass is 16.5. The van der Waals surface area contributed by atoms with E-state index < -0.39 is 0 Å². The van der Waals surface area contributed by atoms with E-state index in [-0.39, 0.29) is 11.9 Å². The van der Waals surface area contributed by atoms with Gasteiger partial charge < -0.3 is 4.74 Å². The van der Waals surface area contributed by atoms with Gasteiger partial charge in [0.05, 0.1) is 13.0 Å². The number of esters is 1. The molecule has 1 aliphatic rings. The Balaban J connectivity index is 2.51. The SMILES string of the molecule is COC(=O)C1C=CCC(C)CC1. The molecule has 0 saturated heterocycles. The van der Waals surface area contributed by atoms with Crippen molar-refractivity contribution in [3.8, 4) is 0 Å². The highest BCUT2D eigenvalue weighted by Gasteiger charge is 2.18. The van der Waals surface area contributed by atoms with Gasteiger partial charge in [0, 0.05) is 0 Å². The van der Waals surface area contributed by atoms with Gasteiger partial charge in [-0.15, -0.1) is 0 Å². The van der Waals surface area contributed by atoms with Crippen molar-refractivity contribution in [2.24, 2.45) is 11.8 Å². The first-order valence-corrected chi connectivity index (χ1v) is 4.48. The first kappa shape index (κ1) is 9.30. The van der Waals surface area contributed by atoms with Crippen molar-refractivity contribution < 1.29 is 9.53 Å². The molecule has 68 valence electrons. The Morgan fingerprint density at radius 3 is 2.92 bits per heavy atom. The number of hydrogen-bond donors (Lipinski definition) is 0. The smallest absolute Gasteiger partial charge is 0.312 e. The van der Waals surface area contributed by atoms with Gasteiger partial charge in [-0.2, -0.15) is 0 Å². The average molecular weight is 168 g/mol. The quantitative estimate of drug-likeness (QED) is 0.443. The van der Waals surface area contributed by atoms with Crippen LogP contribution in [0.4, 0.5) is 0 Å². The summed E-state index contributed by atoms with van der Waals surface area (Å²) in [5, 5.41) is 0. The van der Waals surface area contributed by atoms with Crippen LogP contribution in [0.1, 0.15) is 26.2 Å². The van der Waals surface area contributed by atoms with Gasteiger partial charge in [0.1, 0.15) is 0 Å². The fourth-order valence-electron chi connectivity index (χ4n) is 1.50. The molecule has 2 nitrogen and oxygen atoms in total. The number of hydrogen-bond acceptors (Lipinski definition) is 2. The van der Waals surface area contributed by atoms with Gasteiger partial charge in [0.15, 0.2) is 0 Å². The highest BCUT2D eigenvalue weighted by Crippen LogP contribution is 2.22. The maximum Gasteiger partial charge on any atom is 0.312 e. The minimum Gasteiger partial charge on any atom is -0.469 e. The number of carbonyl (C=O) groups excluding carboxylic acids is 1. The van der Waals surface area contributed by atoms with Crippen molar-refractivity contribution in [3.05, 3.63) is 12.2 Å².